The molecule has 0 saturated carbocycles. The number of carboxylic acids is 1. The summed E-state index contributed by atoms with van der Waals surface area (Å²) in [6.45, 7) is -0.0597. The van der Waals surface area contributed by atoms with Gasteiger partial charge in [-0.15, -0.1) is 0 Å². The van der Waals surface area contributed by atoms with E-state index in [0.29, 0.717) is 18.0 Å². The van der Waals surface area contributed by atoms with E-state index in [-0.39, 0.29) is 12.3 Å². The van der Waals surface area contributed by atoms with Gasteiger partial charge in [-0.3, -0.25) is 9.48 Å². The smallest absolute Gasteiger partial charge is 0.341 e. The van der Waals surface area contributed by atoms with Crippen LogP contribution in [0.3, 0.4) is 0 Å². The maximum absolute atomic E-state index is 11.9. The lowest BCUT2D eigenvalue weighted by Crippen LogP contribution is -2.16. The number of anilines is 1. The van der Waals surface area contributed by atoms with Gasteiger partial charge in [-0.25, -0.2) is 9.78 Å². The minimum atomic E-state index is -1.08. The number of hydrogen-bond donors (Lipinski definition) is 2. The van der Waals surface area contributed by atoms with E-state index in [1.165, 1.54) is 12.7 Å². The highest BCUT2D eigenvalue weighted by Gasteiger charge is 2.09. The molecule has 0 aliphatic heterocycles. The van der Waals surface area contributed by atoms with E-state index in [2.05, 4.69) is 15.4 Å². The molecule has 2 rings (SSSR count). The fraction of sp³-hybridized carbons (Fsp3) is 0.231. The lowest BCUT2D eigenvalue weighted by Gasteiger charge is -2.11. The Morgan fingerprint density at radius 2 is 2.14 bits per heavy atom. The van der Waals surface area contributed by atoms with Gasteiger partial charge in [0.2, 0.25) is 5.91 Å². The van der Waals surface area contributed by atoms with Crippen LogP contribution in [0.4, 0.5) is 5.69 Å². The molecule has 0 aliphatic rings. The topological polar surface area (TPSA) is 106 Å². The van der Waals surface area contributed by atoms with Gasteiger partial charge in [0, 0.05) is 6.42 Å². The number of amides is 1. The van der Waals surface area contributed by atoms with Gasteiger partial charge in [-0.2, -0.15) is 5.10 Å². The molecule has 1 aromatic carbocycles. The molecule has 2 aromatic rings. The van der Waals surface area contributed by atoms with Crippen molar-refractivity contribution >= 4 is 17.6 Å². The summed E-state index contributed by atoms with van der Waals surface area (Å²) in [4.78, 5) is 26.1. The molecule has 1 amide bonds. The number of carboxylic acid groups (broad SMARTS) is 1. The highest BCUT2D eigenvalue weighted by Crippen LogP contribution is 2.23. The molecule has 2 N–H and O–H groups in total. The molecule has 0 aliphatic carbocycles. The van der Waals surface area contributed by atoms with Crippen LogP contribution >= 0.6 is 0 Å². The summed E-state index contributed by atoms with van der Waals surface area (Å²) in [6.07, 6.45) is 3.14. The van der Waals surface area contributed by atoms with E-state index >= 15 is 0 Å². The van der Waals surface area contributed by atoms with E-state index in [4.69, 9.17) is 9.84 Å². The number of carbonyl (C=O) groups excluding carboxylic acids is 1. The van der Waals surface area contributed by atoms with Crippen LogP contribution in [0.5, 0.6) is 5.75 Å². The zero-order chi connectivity index (χ0) is 15.1. The highest BCUT2D eigenvalue weighted by molar-refractivity contribution is 5.92. The standard InChI is InChI=1S/C13H14N4O4/c18-12(5-6-17-9-14-8-15-17)16-10-3-1-2-4-11(10)21-7-13(19)20/h1-4,8-9H,5-7H2,(H,16,18)(H,19,20). The van der Waals surface area contributed by atoms with Crippen molar-refractivity contribution in [3.63, 3.8) is 0 Å². The molecule has 8 nitrogen and oxygen atoms in total. The van der Waals surface area contributed by atoms with Crippen LogP contribution in [0, 0.1) is 0 Å². The first-order chi connectivity index (χ1) is 10.1. The fourth-order valence-corrected chi connectivity index (χ4v) is 1.61. The summed E-state index contributed by atoms with van der Waals surface area (Å²) in [7, 11) is 0. The van der Waals surface area contributed by atoms with Gasteiger partial charge in [0.05, 0.1) is 12.2 Å². The Morgan fingerprint density at radius 1 is 1.33 bits per heavy atom. The molecule has 0 atom stereocenters. The van der Waals surface area contributed by atoms with Crippen LogP contribution in [0.15, 0.2) is 36.9 Å². The molecule has 8 heteroatoms. The number of carbonyl (C=O) groups is 2. The van der Waals surface area contributed by atoms with Gasteiger partial charge in [0.1, 0.15) is 18.4 Å². The van der Waals surface area contributed by atoms with Crippen molar-refractivity contribution in [3.05, 3.63) is 36.9 Å². The number of para-hydroxylation sites is 2. The molecule has 0 fully saturated rings. The summed E-state index contributed by atoms with van der Waals surface area (Å²) < 4.78 is 6.66. The Bertz CT molecular complexity index is 612. The summed E-state index contributed by atoms with van der Waals surface area (Å²) in [5.41, 5.74) is 0.433. The Morgan fingerprint density at radius 3 is 2.86 bits per heavy atom. The molecule has 0 bridgehead atoms. The molecular formula is C13H14N4O4. The summed E-state index contributed by atoms with van der Waals surface area (Å²) in [5.74, 6) is -0.992. The molecule has 110 valence electrons. The number of rotatable bonds is 7. The Hall–Kier alpha value is -2.90. The number of ether oxygens (including phenoxy) is 1. The largest absolute Gasteiger partial charge is 0.480 e. The second-order valence-corrected chi connectivity index (χ2v) is 4.14. The average molecular weight is 290 g/mol. The molecular weight excluding hydrogens is 276 g/mol. The predicted molar refractivity (Wildman–Crippen MR) is 72.8 cm³/mol. The highest BCUT2D eigenvalue weighted by atomic mass is 16.5. The van der Waals surface area contributed by atoms with Crippen LogP contribution in [0.1, 0.15) is 6.42 Å². The number of nitrogens with zero attached hydrogens (tertiary/aromatic N) is 3. The van der Waals surface area contributed by atoms with Crippen molar-refractivity contribution in [1.29, 1.82) is 0 Å². The fourth-order valence-electron chi connectivity index (χ4n) is 1.61. The van der Waals surface area contributed by atoms with E-state index in [1.807, 2.05) is 0 Å². The van der Waals surface area contributed by atoms with Gasteiger partial charge < -0.3 is 15.2 Å². The Balaban J connectivity index is 1.92. The number of hydrogen-bond acceptors (Lipinski definition) is 5. The molecule has 1 aromatic heterocycles. The van der Waals surface area contributed by atoms with Crippen molar-refractivity contribution in [2.75, 3.05) is 11.9 Å². The molecule has 0 saturated heterocycles. The second kappa shape index (κ2) is 7.04. The van der Waals surface area contributed by atoms with Crippen LogP contribution in [0.25, 0.3) is 0 Å². The first kappa shape index (κ1) is 14.5. The number of aliphatic carboxylic acids is 1. The lowest BCUT2D eigenvalue weighted by atomic mass is 10.2. The number of aromatic nitrogens is 3. The number of nitrogens with one attached hydrogen (secondary N) is 1. The third-order valence-corrected chi connectivity index (χ3v) is 2.55. The van der Waals surface area contributed by atoms with Crippen LogP contribution in [-0.2, 0) is 16.1 Å². The first-order valence-electron chi connectivity index (χ1n) is 6.21. The zero-order valence-electron chi connectivity index (χ0n) is 11.1. The lowest BCUT2D eigenvalue weighted by molar-refractivity contribution is -0.139. The van der Waals surface area contributed by atoms with Gasteiger partial charge >= 0.3 is 5.97 Å². The van der Waals surface area contributed by atoms with Crippen molar-refractivity contribution < 1.29 is 19.4 Å². The third-order valence-electron chi connectivity index (χ3n) is 2.55. The second-order valence-electron chi connectivity index (χ2n) is 4.14. The van der Waals surface area contributed by atoms with Crippen LogP contribution in [-0.4, -0.2) is 38.4 Å². The van der Waals surface area contributed by atoms with Gasteiger partial charge in [0.25, 0.3) is 0 Å². The minimum Gasteiger partial charge on any atom is -0.480 e. The van der Waals surface area contributed by atoms with E-state index in [9.17, 15) is 9.59 Å². The number of benzene rings is 1. The maximum atomic E-state index is 11.9. The Labute approximate surface area is 120 Å². The maximum Gasteiger partial charge on any atom is 0.341 e. The van der Waals surface area contributed by atoms with E-state index in [0.717, 1.165) is 0 Å². The van der Waals surface area contributed by atoms with Crippen molar-refractivity contribution in [2.45, 2.75) is 13.0 Å². The van der Waals surface area contributed by atoms with Crippen molar-refractivity contribution in [1.82, 2.24) is 14.8 Å². The predicted octanol–water partition coefficient (Wildman–Crippen LogP) is 0.770. The Kier molecular flexibility index (Phi) is 4.86. The molecule has 0 unspecified atom stereocenters. The van der Waals surface area contributed by atoms with Crippen LogP contribution < -0.4 is 10.1 Å². The van der Waals surface area contributed by atoms with Gasteiger partial charge in [-0.1, -0.05) is 12.1 Å². The molecule has 1 heterocycles. The number of aryl methyl sites for hydroxylation is 1. The van der Waals surface area contributed by atoms with Gasteiger partial charge in [0.15, 0.2) is 6.61 Å². The van der Waals surface area contributed by atoms with Crippen molar-refractivity contribution in [2.24, 2.45) is 0 Å². The van der Waals surface area contributed by atoms with Crippen LogP contribution in [0.2, 0.25) is 0 Å². The summed E-state index contributed by atoms with van der Waals surface area (Å²) in [5, 5.41) is 15.2. The quantitative estimate of drug-likeness (QED) is 0.780. The molecule has 0 spiro atoms. The summed E-state index contributed by atoms with van der Waals surface area (Å²) in [6, 6.07) is 6.66. The molecule has 21 heavy (non-hydrogen) atoms. The summed E-state index contributed by atoms with van der Waals surface area (Å²) >= 11 is 0. The average Bonchev–Trinajstić information content (AvgIpc) is 2.97. The van der Waals surface area contributed by atoms with Crippen molar-refractivity contribution in [3.8, 4) is 5.75 Å². The van der Waals surface area contributed by atoms with E-state index < -0.39 is 12.6 Å². The monoisotopic (exact) mass is 290 g/mol. The van der Waals surface area contributed by atoms with E-state index in [1.54, 1.807) is 28.9 Å². The zero-order valence-corrected chi connectivity index (χ0v) is 11.1. The molecule has 0 radical (unpaired) electrons. The minimum absolute atomic E-state index is 0.219. The normalized spacial score (nSPS) is 10.1. The first-order valence-corrected chi connectivity index (χ1v) is 6.21. The van der Waals surface area contributed by atoms with Gasteiger partial charge in [-0.05, 0) is 12.1 Å². The SMILES string of the molecule is O=C(O)COc1ccccc1NC(=O)CCn1cncn1. The third kappa shape index (κ3) is 4.60.